The third-order valence-electron chi connectivity index (χ3n) is 4.36. The van der Waals surface area contributed by atoms with Crippen molar-refractivity contribution in [3.63, 3.8) is 0 Å². The lowest BCUT2D eigenvalue weighted by Crippen LogP contribution is -2.37. The first-order chi connectivity index (χ1) is 10.1. The molecule has 1 N–H and O–H groups in total. The summed E-state index contributed by atoms with van der Waals surface area (Å²) < 4.78 is 7.32. The Bertz CT molecular complexity index is 717. The SMILES string of the molecule is Cc1c(C(O)C2(C#N)CCOc3ccccc32)cnn1C. The molecule has 0 saturated heterocycles. The molecule has 21 heavy (non-hydrogen) atoms. The number of aliphatic hydroxyl groups excluding tert-OH is 1. The number of nitriles is 1. The number of hydrogen-bond acceptors (Lipinski definition) is 4. The molecule has 2 unspecified atom stereocenters. The predicted octanol–water partition coefficient (Wildman–Crippen LogP) is 2.01. The highest BCUT2D eigenvalue weighted by Crippen LogP contribution is 2.46. The Labute approximate surface area is 123 Å². The van der Waals surface area contributed by atoms with Crippen LogP contribution in [0.2, 0.25) is 0 Å². The summed E-state index contributed by atoms with van der Waals surface area (Å²) in [6.45, 7) is 2.31. The lowest BCUT2D eigenvalue weighted by atomic mass is 9.71. The Morgan fingerprint density at radius 1 is 1.48 bits per heavy atom. The molecule has 1 aromatic carbocycles. The van der Waals surface area contributed by atoms with Crippen LogP contribution in [-0.2, 0) is 12.5 Å². The first-order valence-electron chi connectivity index (χ1n) is 6.90. The van der Waals surface area contributed by atoms with Gasteiger partial charge < -0.3 is 9.84 Å². The van der Waals surface area contributed by atoms with Crippen LogP contribution >= 0.6 is 0 Å². The first-order valence-corrected chi connectivity index (χ1v) is 6.90. The van der Waals surface area contributed by atoms with Crippen LogP contribution in [-0.4, -0.2) is 21.5 Å². The van der Waals surface area contributed by atoms with Crippen LogP contribution in [0.3, 0.4) is 0 Å². The Balaban J connectivity index is 2.15. The fourth-order valence-corrected chi connectivity index (χ4v) is 2.93. The van der Waals surface area contributed by atoms with E-state index in [9.17, 15) is 10.4 Å². The van der Waals surface area contributed by atoms with Crippen LogP contribution in [0.25, 0.3) is 0 Å². The minimum Gasteiger partial charge on any atom is -0.493 e. The van der Waals surface area contributed by atoms with Gasteiger partial charge in [-0.25, -0.2) is 0 Å². The largest absolute Gasteiger partial charge is 0.493 e. The van der Waals surface area contributed by atoms with Gasteiger partial charge in [-0.3, -0.25) is 4.68 Å². The normalized spacial score (nSPS) is 22.0. The molecule has 3 rings (SSSR count). The molecule has 0 bridgehead atoms. The van der Waals surface area contributed by atoms with Gasteiger partial charge in [0.25, 0.3) is 0 Å². The van der Waals surface area contributed by atoms with E-state index in [1.165, 1.54) is 0 Å². The Kier molecular flexibility index (Phi) is 3.19. The zero-order chi connectivity index (χ0) is 15.0. The van der Waals surface area contributed by atoms with Crippen molar-refractivity contribution in [1.82, 2.24) is 9.78 Å². The number of aliphatic hydroxyl groups is 1. The first kappa shape index (κ1) is 13.7. The number of aryl methyl sites for hydroxylation is 1. The summed E-state index contributed by atoms with van der Waals surface area (Å²) in [4.78, 5) is 0. The van der Waals surface area contributed by atoms with Gasteiger partial charge >= 0.3 is 0 Å². The molecule has 0 spiro atoms. The Hall–Kier alpha value is -2.32. The molecule has 2 heterocycles. The molecule has 0 radical (unpaired) electrons. The van der Waals surface area contributed by atoms with Gasteiger partial charge in [0.05, 0.1) is 18.9 Å². The van der Waals surface area contributed by atoms with Gasteiger partial charge in [-0.2, -0.15) is 10.4 Å². The van der Waals surface area contributed by atoms with Gasteiger partial charge in [-0.1, -0.05) is 18.2 Å². The number of fused-ring (bicyclic) bond motifs is 1. The van der Waals surface area contributed by atoms with Gasteiger partial charge in [0.15, 0.2) is 0 Å². The van der Waals surface area contributed by atoms with Crippen molar-refractivity contribution in [2.45, 2.75) is 24.9 Å². The van der Waals surface area contributed by atoms with Gasteiger partial charge in [-0.05, 0) is 13.0 Å². The van der Waals surface area contributed by atoms with Gasteiger partial charge in [-0.15, -0.1) is 0 Å². The van der Waals surface area contributed by atoms with E-state index in [0.717, 1.165) is 11.3 Å². The zero-order valence-corrected chi connectivity index (χ0v) is 12.1. The molecule has 1 aromatic heterocycles. The minimum absolute atomic E-state index is 0.418. The number of rotatable bonds is 2. The molecule has 5 nitrogen and oxygen atoms in total. The third kappa shape index (κ3) is 1.91. The number of ether oxygens (including phenoxy) is 1. The van der Waals surface area contributed by atoms with Crippen molar-refractivity contribution < 1.29 is 9.84 Å². The standard InChI is InChI=1S/C16H17N3O2/c1-11-12(9-18-19(11)2)15(20)16(10-17)7-8-21-14-6-4-3-5-13(14)16/h3-6,9,15,20H,7-8H2,1-2H3. The number of hydrogen-bond donors (Lipinski definition) is 1. The van der Waals surface area contributed by atoms with E-state index < -0.39 is 11.5 Å². The molecule has 2 aromatic rings. The lowest BCUT2D eigenvalue weighted by molar-refractivity contribution is 0.0801. The fourth-order valence-electron chi connectivity index (χ4n) is 2.93. The number of aromatic nitrogens is 2. The Morgan fingerprint density at radius 3 is 2.90 bits per heavy atom. The molecule has 0 amide bonds. The van der Waals surface area contributed by atoms with Crippen LogP contribution in [0, 0.1) is 18.3 Å². The van der Waals surface area contributed by atoms with Crippen molar-refractivity contribution >= 4 is 0 Å². The highest BCUT2D eigenvalue weighted by atomic mass is 16.5. The van der Waals surface area contributed by atoms with Crippen LogP contribution < -0.4 is 4.74 Å². The monoisotopic (exact) mass is 283 g/mol. The minimum atomic E-state index is -0.997. The highest BCUT2D eigenvalue weighted by molar-refractivity contribution is 5.48. The molecule has 108 valence electrons. The quantitative estimate of drug-likeness (QED) is 0.915. The number of nitrogens with zero attached hydrogens (tertiary/aromatic N) is 3. The maximum Gasteiger partial charge on any atom is 0.124 e. The zero-order valence-electron chi connectivity index (χ0n) is 12.1. The fraction of sp³-hybridized carbons (Fsp3) is 0.375. The molecule has 1 aliphatic rings. The van der Waals surface area contributed by atoms with E-state index in [4.69, 9.17) is 4.74 Å². The second kappa shape index (κ2) is 4.90. The van der Waals surface area contributed by atoms with Crippen molar-refractivity contribution in [3.05, 3.63) is 47.3 Å². The summed E-state index contributed by atoms with van der Waals surface area (Å²) in [5, 5.41) is 24.9. The third-order valence-corrected chi connectivity index (χ3v) is 4.36. The summed E-state index contributed by atoms with van der Waals surface area (Å²) in [5.41, 5.74) is 1.30. The molecule has 0 aliphatic carbocycles. The summed E-state index contributed by atoms with van der Waals surface area (Å²) >= 11 is 0. The maximum atomic E-state index is 10.9. The summed E-state index contributed by atoms with van der Waals surface area (Å²) in [6, 6.07) is 9.76. The van der Waals surface area contributed by atoms with Crippen LogP contribution in [0.4, 0.5) is 0 Å². The van der Waals surface area contributed by atoms with E-state index in [0.29, 0.717) is 24.3 Å². The van der Waals surface area contributed by atoms with E-state index in [1.54, 1.807) is 10.9 Å². The van der Waals surface area contributed by atoms with Gasteiger partial charge in [0.1, 0.15) is 17.3 Å². The van der Waals surface area contributed by atoms with E-state index in [2.05, 4.69) is 11.2 Å². The second-order valence-electron chi connectivity index (χ2n) is 5.39. The average Bonchev–Trinajstić information content (AvgIpc) is 2.85. The second-order valence-corrected chi connectivity index (χ2v) is 5.39. The van der Waals surface area contributed by atoms with Crippen LogP contribution in [0.5, 0.6) is 5.75 Å². The Morgan fingerprint density at radius 2 is 2.24 bits per heavy atom. The summed E-state index contributed by atoms with van der Waals surface area (Å²) in [6.07, 6.45) is 1.16. The maximum absolute atomic E-state index is 10.9. The topological polar surface area (TPSA) is 71.1 Å². The summed E-state index contributed by atoms with van der Waals surface area (Å²) in [5.74, 6) is 0.672. The van der Waals surface area contributed by atoms with E-state index >= 15 is 0 Å². The van der Waals surface area contributed by atoms with Crippen molar-refractivity contribution in [2.75, 3.05) is 6.61 Å². The summed E-state index contributed by atoms with van der Waals surface area (Å²) in [7, 11) is 1.82. The van der Waals surface area contributed by atoms with Crippen LogP contribution in [0.1, 0.15) is 29.3 Å². The number of benzene rings is 1. The van der Waals surface area contributed by atoms with E-state index in [1.807, 2.05) is 38.2 Å². The average molecular weight is 283 g/mol. The van der Waals surface area contributed by atoms with Crippen molar-refractivity contribution in [2.24, 2.45) is 7.05 Å². The predicted molar refractivity (Wildman–Crippen MR) is 76.7 cm³/mol. The number of para-hydroxylation sites is 1. The molecule has 5 heteroatoms. The van der Waals surface area contributed by atoms with Crippen molar-refractivity contribution in [3.8, 4) is 11.8 Å². The molecular formula is C16H17N3O2. The van der Waals surface area contributed by atoms with E-state index in [-0.39, 0.29) is 0 Å². The molecule has 2 atom stereocenters. The molecule has 0 fully saturated rings. The highest BCUT2D eigenvalue weighted by Gasteiger charge is 2.46. The van der Waals surface area contributed by atoms with Crippen LogP contribution in [0.15, 0.2) is 30.5 Å². The van der Waals surface area contributed by atoms with Gasteiger partial charge in [0.2, 0.25) is 0 Å². The smallest absolute Gasteiger partial charge is 0.124 e. The molecule has 1 aliphatic heterocycles. The molecular weight excluding hydrogens is 266 g/mol. The molecule has 0 saturated carbocycles. The van der Waals surface area contributed by atoms with Crippen molar-refractivity contribution in [1.29, 1.82) is 5.26 Å². The van der Waals surface area contributed by atoms with Gasteiger partial charge in [0, 0.05) is 30.3 Å². The lowest BCUT2D eigenvalue weighted by Gasteiger charge is -2.36.